The summed E-state index contributed by atoms with van der Waals surface area (Å²) in [6.07, 6.45) is 0. The van der Waals surface area contributed by atoms with E-state index in [9.17, 15) is 9.59 Å². The zero-order valence-corrected chi connectivity index (χ0v) is 15.4. The maximum Gasteiger partial charge on any atom is 0.317 e. The normalized spacial score (nSPS) is 14.2. The van der Waals surface area contributed by atoms with E-state index in [1.807, 2.05) is 67.3 Å². The van der Waals surface area contributed by atoms with Crippen molar-refractivity contribution in [2.24, 2.45) is 0 Å². The SMILES string of the molecule is Cc1ccc(CNC(=O)N2CCN(C(=O)c3ccccc3C)CC2)cc1. The Balaban J connectivity index is 1.50. The minimum absolute atomic E-state index is 0.0443. The summed E-state index contributed by atoms with van der Waals surface area (Å²) in [6, 6.07) is 15.7. The van der Waals surface area contributed by atoms with E-state index in [0.29, 0.717) is 32.7 Å². The molecule has 26 heavy (non-hydrogen) atoms. The molecule has 1 fully saturated rings. The van der Waals surface area contributed by atoms with Crippen molar-refractivity contribution in [2.75, 3.05) is 26.2 Å². The van der Waals surface area contributed by atoms with Crippen molar-refractivity contribution < 1.29 is 9.59 Å². The summed E-state index contributed by atoms with van der Waals surface area (Å²) >= 11 is 0. The summed E-state index contributed by atoms with van der Waals surface area (Å²) in [5.74, 6) is 0.0443. The maximum atomic E-state index is 12.6. The molecule has 5 nitrogen and oxygen atoms in total. The van der Waals surface area contributed by atoms with Gasteiger partial charge in [0.1, 0.15) is 0 Å². The molecule has 0 aliphatic carbocycles. The minimum atomic E-state index is -0.0754. The van der Waals surface area contributed by atoms with Crippen LogP contribution in [0.4, 0.5) is 4.79 Å². The Bertz CT molecular complexity index is 778. The molecule has 0 atom stereocenters. The molecule has 1 aliphatic rings. The Morgan fingerprint density at radius 2 is 1.50 bits per heavy atom. The van der Waals surface area contributed by atoms with E-state index in [1.54, 1.807) is 4.90 Å². The van der Waals surface area contributed by atoms with Crippen LogP contribution >= 0.6 is 0 Å². The Morgan fingerprint density at radius 1 is 0.885 bits per heavy atom. The molecule has 0 saturated carbocycles. The molecule has 3 rings (SSSR count). The molecule has 1 saturated heterocycles. The van der Waals surface area contributed by atoms with E-state index < -0.39 is 0 Å². The number of urea groups is 1. The first-order valence-corrected chi connectivity index (χ1v) is 8.98. The lowest BCUT2D eigenvalue weighted by Gasteiger charge is -2.35. The summed E-state index contributed by atoms with van der Waals surface area (Å²) in [5.41, 5.74) is 4.01. The van der Waals surface area contributed by atoms with Crippen molar-refractivity contribution in [3.8, 4) is 0 Å². The molecule has 2 aromatic carbocycles. The highest BCUT2D eigenvalue weighted by Crippen LogP contribution is 2.13. The summed E-state index contributed by atoms with van der Waals surface area (Å²) in [5, 5.41) is 2.96. The molecule has 1 N–H and O–H groups in total. The van der Waals surface area contributed by atoms with E-state index in [2.05, 4.69) is 5.32 Å². The molecular formula is C21H25N3O2. The van der Waals surface area contributed by atoms with E-state index in [-0.39, 0.29) is 11.9 Å². The molecule has 0 radical (unpaired) electrons. The van der Waals surface area contributed by atoms with Gasteiger partial charge in [0.15, 0.2) is 0 Å². The van der Waals surface area contributed by atoms with Gasteiger partial charge in [0.2, 0.25) is 0 Å². The lowest BCUT2D eigenvalue weighted by Crippen LogP contribution is -2.53. The fourth-order valence-electron chi connectivity index (χ4n) is 3.09. The number of carbonyl (C=O) groups excluding carboxylic acids is 2. The summed E-state index contributed by atoms with van der Waals surface area (Å²) in [7, 11) is 0. The highest BCUT2D eigenvalue weighted by atomic mass is 16.2. The molecule has 1 heterocycles. The average molecular weight is 351 g/mol. The second-order valence-electron chi connectivity index (χ2n) is 6.74. The van der Waals surface area contributed by atoms with Gasteiger partial charge in [-0.3, -0.25) is 4.79 Å². The zero-order chi connectivity index (χ0) is 18.5. The number of carbonyl (C=O) groups is 2. The van der Waals surface area contributed by atoms with Gasteiger partial charge in [0, 0.05) is 38.3 Å². The molecule has 2 aromatic rings. The van der Waals surface area contributed by atoms with Gasteiger partial charge in [-0.2, -0.15) is 0 Å². The van der Waals surface area contributed by atoms with Crippen molar-refractivity contribution >= 4 is 11.9 Å². The number of hydrogen-bond donors (Lipinski definition) is 1. The maximum absolute atomic E-state index is 12.6. The number of nitrogens with one attached hydrogen (secondary N) is 1. The fraction of sp³-hybridized carbons (Fsp3) is 0.333. The van der Waals surface area contributed by atoms with Gasteiger partial charge in [0.05, 0.1) is 0 Å². The smallest absolute Gasteiger partial charge is 0.317 e. The lowest BCUT2D eigenvalue weighted by atomic mass is 10.1. The van der Waals surface area contributed by atoms with Crippen LogP contribution in [0, 0.1) is 13.8 Å². The molecule has 0 aromatic heterocycles. The van der Waals surface area contributed by atoms with Crippen molar-refractivity contribution in [3.63, 3.8) is 0 Å². The monoisotopic (exact) mass is 351 g/mol. The topological polar surface area (TPSA) is 52.7 Å². The number of aryl methyl sites for hydroxylation is 2. The first kappa shape index (κ1) is 18.0. The standard InChI is InChI=1S/C21H25N3O2/c1-16-7-9-18(10-8-16)15-22-21(26)24-13-11-23(12-14-24)20(25)19-6-4-3-5-17(19)2/h3-10H,11-15H2,1-2H3,(H,22,26). The zero-order valence-electron chi connectivity index (χ0n) is 15.4. The molecule has 0 unspecified atom stereocenters. The quantitative estimate of drug-likeness (QED) is 0.924. The Labute approximate surface area is 154 Å². The Morgan fingerprint density at radius 3 is 2.15 bits per heavy atom. The van der Waals surface area contributed by atoms with Crippen LogP contribution in [0.25, 0.3) is 0 Å². The number of hydrogen-bond acceptors (Lipinski definition) is 2. The third-order valence-electron chi connectivity index (χ3n) is 4.79. The second-order valence-corrected chi connectivity index (χ2v) is 6.74. The third-order valence-corrected chi connectivity index (χ3v) is 4.79. The van der Waals surface area contributed by atoms with Crippen LogP contribution in [-0.2, 0) is 6.54 Å². The van der Waals surface area contributed by atoms with Gasteiger partial charge in [-0.15, -0.1) is 0 Å². The van der Waals surface area contributed by atoms with Crippen molar-refractivity contribution in [1.82, 2.24) is 15.1 Å². The van der Waals surface area contributed by atoms with Crippen LogP contribution in [0.5, 0.6) is 0 Å². The van der Waals surface area contributed by atoms with Crippen LogP contribution in [0.2, 0.25) is 0 Å². The van der Waals surface area contributed by atoms with Crippen LogP contribution in [0.1, 0.15) is 27.0 Å². The van der Waals surface area contributed by atoms with Crippen LogP contribution in [0.3, 0.4) is 0 Å². The number of rotatable bonds is 3. The van der Waals surface area contributed by atoms with Crippen LogP contribution in [-0.4, -0.2) is 47.9 Å². The van der Waals surface area contributed by atoms with E-state index >= 15 is 0 Å². The van der Waals surface area contributed by atoms with Crippen LogP contribution < -0.4 is 5.32 Å². The van der Waals surface area contributed by atoms with Crippen molar-refractivity contribution in [1.29, 1.82) is 0 Å². The summed E-state index contributed by atoms with van der Waals surface area (Å²) < 4.78 is 0. The molecule has 1 aliphatic heterocycles. The largest absolute Gasteiger partial charge is 0.335 e. The molecule has 5 heteroatoms. The Hall–Kier alpha value is -2.82. The number of benzene rings is 2. The van der Waals surface area contributed by atoms with E-state index in [1.165, 1.54) is 5.56 Å². The van der Waals surface area contributed by atoms with Gasteiger partial charge >= 0.3 is 6.03 Å². The van der Waals surface area contributed by atoms with Crippen LogP contribution in [0.15, 0.2) is 48.5 Å². The van der Waals surface area contributed by atoms with Gasteiger partial charge in [-0.05, 0) is 31.0 Å². The Kier molecular flexibility index (Phi) is 5.56. The number of piperazine rings is 1. The number of nitrogens with zero attached hydrogens (tertiary/aromatic N) is 2. The first-order valence-electron chi connectivity index (χ1n) is 8.98. The number of amides is 3. The fourth-order valence-corrected chi connectivity index (χ4v) is 3.09. The van der Waals surface area contributed by atoms with Gasteiger partial charge in [0.25, 0.3) is 5.91 Å². The first-order chi connectivity index (χ1) is 12.5. The predicted octanol–water partition coefficient (Wildman–Crippen LogP) is 2.97. The molecule has 3 amide bonds. The van der Waals surface area contributed by atoms with Crippen molar-refractivity contribution in [2.45, 2.75) is 20.4 Å². The average Bonchev–Trinajstić information content (AvgIpc) is 2.67. The molecular weight excluding hydrogens is 326 g/mol. The summed E-state index contributed by atoms with van der Waals surface area (Å²) in [4.78, 5) is 28.6. The van der Waals surface area contributed by atoms with Gasteiger partial charge < -0.3 is 15.1 Å². The van der Waals surface area contributed by atoms with E-state index in [4.69, 9.17) is 0 Å². The highest BCUT2D eigenvalue weighted by Gasteiger charge is 2.25. The highest BCUT2D eigenvalue weighted by molar-refractivity contribution is 5.95. The van der Waals surface area contributed by atoms with Gasteiger partial charge in [-0.25, -0.2) is 4.79 Å². The minimum Gasteiger partial charge on any atom is -0.335 e. The van der Waals surface area contributed by atoms with E-state index in [0.717, 1.165) is 16.7 Å². The molecule has 0 spiro atoms. The third kappa shape index (κ3) is 4.23. The molecule has 136 valence electrons. The predicted molar refractivity (Wildman–Crippen MR) is 102 cm³/mol. The molecule has 0 bridgehead atoms. The van der Waals surface area contributed by atoms with Crippen molar-refractivity contribution in [3.05, 3.63) is 70.8 Å². The second kappa shape index (κ2) is 8.04. The summed E-state index contributed by atoms with van der Waals surface area (Å²) in [6.45, 7) is 6.73. The van der Waals surface area contributed by atoms with Gasteiger partial charge in [-0.1, -0.05) is 48.0 Å². The lowest BCUT2D eigenvalue weighted by molar-refractivity contribution is 0.0664.